The van der Waals surface area contributed by atoms with Crippen molar-refractivity contribution in [1.29, 1.82) is 0 Å². The number of rotatable bonds is 7. The van der Waals surface area contributed by atoms with Crippen LogP contribution in [0.25, 0.3) is 45.3 Å². The van der Waals surface area contributed by atoms with E-state index in [1.807, 2.05) is 91.0 Å². The van der Waals surface area contributed by atoms with Crippen LogP contribution in [0.3, 0.4) is 0 Å². The average Bonchev–Trinajstić information content (AvgIpc) is 2.96. The maximum Gasteiger partial charge on any atom is 0.302 e. The molecule has 3 aromatic heterocycles. The molecule has 0 N–H and O–H groups in total. The first-order valence-electron chi connectivity index (χ1n) is 11.8. The van der Waals surface area contributed by atoms with Gasteiger partial charge in [-0.05, 0) is 42.0 Å². The van der Waals surface area contributed by atoms with Gasteiger partial charge in [-0.25, -0.2) is 15.0 Å². The number of hydrogen-bond donors (Lipinski definition) is 0. The van der Waals surface area contributed by atoms with Crippen molar-refractivity contribution in [2.45, 2.75) is 13.5 Å². The van der Waals surface area contributed by atoms with Crippen molar-refractivity contribution in [3.63, 3.8) is 0 Å². The molecule has 5 aromatic rings. The van der Waals surface area contributed by atoms with Crippen LogP contribution in [0.1, 0.15) is 22.8 Å². The molecule has 0 aliphatic carbocycles. The topological polar surface area (TPSA) is 82.0 Å². The van der Waals surface area contributed by atoms with Gasteiger partial charge in [-0.15, -0.1) is 0 Å². The van der Waals surface area contributed by atoms with Crippen LogP contribution in [0.4, 0.5) is 0 Å². The molecule has 0 aliphatic rings. The third-order valence-electron chi connectivity index (χ3n) is 5.81. The summed E-state index contributed by atoms with van der Waals surface area (Å²) in [6.07, 6.45) is 0.826. The standard InChI is InChI=1S/C31H23N3O3/c1-21(36)37-20-23-13-17-25(18-14-23)27-6-3-8-29(33-27)31-10-4-9-30(34-31)28-7-2-5-26(32-28)24-15-11-22(19-35)12-16-24/h2-19H,20H2,1H3. The molecule has 0 radical (unpaired) electrons. The molecule has 2 aromatic carbocycles. The normalized spacial score (nSPS) is 10.6. The molecule has 6 nitrogen and oxygen atoms in total. The highest BCUT2D eigenvalue weighted by molar-refractivity contribution is 5.76. The molecule has 0 saturated carbocycles. The number of aldehydes is 1. The molecule has 0 bridgehead atoms. The van der Waals surface area contributed by atoms with E-state index in [4.69, 9.17) is 19.7 Å². The Balaban J connectivity index is 1.41. The van der Waals surface area contributed by atoms with Crippen molar-refractivity contribution in [3.8, 4) is 45.3 Å². The first-order chi connectivity index (χ1) is 18.1. The quantitative estimate of drug-likeness (QED) is 0.196. The summed E-state index contributed by atoms with van der Waals surface area (Å²) in [4.78, 5) is 36.5. The highest BCUT2D eigenvalue weighted by Gasteiger charge is 2.09. The number of benzene rings is 2. The van der Waals surface area contributed by atoms with Gasteiger partial charge in [0.1, 0.15) is 12.9 Å². The monoisotopic (exact) mass is 485 g/mol. The number of esters is 1. The highest BCUT2D eigenvalue weighted by Crippen LogP contribution is 2.26. The Morgan fingerprint density at radius 3 is 1.46 bits per heavy atom. The lowest BCUT2D eigenvalue weighted by molar-refractivity contribution is -0.142. The molecular weight excluding hydrogens is 462 g/mol. The number of aromatic nitrogens is 3. The Morgan fingerprint density at radius 2 is 1.03 bits per heavy atom. The zero-order valence-corrected chi connectivity index (χ0v) is 20.2. The molecule has 0 fully saturated rings. The second-order valence-electron chi connectivity index (χ2n) is 8.44. The van der Waals surface area contributed by atoms with Gasteiger partial charge in [0.05, 0.1) is 34.2 Å². The van der Waals surface area contributed by atoms with Crippen molar-refractivity contribution in [2.75, 3.05) is 0 Å². The fraction of sp³-hybridized carbons (Fsp3) is 0.0645. The summed E-state index contributed by atoms with van der Waals surface area (Å²) in [5, 5.41) is 0. The minimum absolute atomic E-state index is 0.249. The van der Waals surface area contributed by atoms with Crippen molar-refractivity contribution in [1.82, 2.24) is 15.0 Å². The lowest BCUT2D eigenvalue weighted by Crippen LogP contribution is -1.98. The van der Waals surface area contributed by atoms with Crippen LogP contribution in [-0.4, -0.2) is 27.2 Å². The Hall–Kier alpha value is -4.97. The van der Waals surface area contributed by atoms with Crippen LogP contribution in [-0.2, 0) is 16.1 Å². The summed E-state index contributed by atoms with van der Waals surface area (Å²) in [5.74, 6) is -0.302. The Morgan fingerprint density at radius 1 is 0.622 bits per heavy atom. The van der Waals surface area contributed by atoms with Gasteiger partial charge >= 0.3 is 5.97 Å². The van der Waals surface area contributed by atoms with Crippen molar-refractivity contribution < 1.29 is 14.3 Å². The Kier molecular flexibility index (Phi) is 6.90. The predicted molar refractivity (Wildman–Crippen MR) is 142 cm³/mol. The summed E-state index contributed by atoms with van der Waals surface area (Å²) in [6, 6.07) is 32.6. The number of carbonyl (C=O) groups is 2. The first kappa shape index (κ1) is 23.8. The van der Waals surface area contributed by atoms with Gasteiger partial charge in [-0.3, -0.25) is 9.59 Å². The molecule has 0 unspecified atom stereocenters. The zero-order chi connectivity index (χ0) is 25.6. The first-order valence-corrected chi connectivity index (χ1v) is 11.8. The summed E-state index contributed by atoms with van der Waals surface area (Å²) in [5.41, 5.74) is 8.04. The summed E-state index contributed by atoms with van der Waals surface area (Å²) < 4.78 is 5.06. The molecule has 37 heavy (non-hydrogen) atoms. The molecule has 0 aliphatic heterocycles. The van der Waals surface area contributed by atoms with Crippen molar-refractivity contribution in [3.05, 3.63) is 114 Å². The number of pyridine rings is 3. The van der Waals surface area contributed by atoms with Crippen molar-refractivity contribution in [2.24, 2.45) is 0 Å². The second-order valence-corrected chi connectivity index (χ2v) is 8.44. The molecule has 5 rings (SSSR count). The van der Waals surface area contributed by atoms with E-state index in [2.05, 4.69) is 0 Å². The van der Waals surface area contributed by atoms with Gasteiger partial charge in [0.15, 0.2) is 0 Å². The van der Waals surface area contributed by atoms with E-state index < -0.39 is 0 Å². The summed E-state index contributed by atoms with van der Waals surface area (Å²) in [7, 11) is 0. The molecule has 180 valence electrons. The van der Waals surface area contributed by atoms with Gasteiger partial charge in [0, 0.05) is 23.6 Å². The zero-order valence-electron chi connectivity index (χ0n) is 20.2. The van der Waals surface area contributed by atoms with Crippen LogP contribution >= 0.6 is 0 Å². The second kappa shape index (κ2) is 10.7. The summed E-state index contributed by atoms with van der Waals surface area (Å²) in [6.45, 7) is 1.65. The largest absolute Gasteiger partial charge is 0.461 e. The van der Waals surface area contributed by atoms with Crippen LogP contribution in [0.2, 0.25) is 0 Å². The van der Waals surface area contributed by atoms with E-state index in [0.717, 1.165) is 57.1 Å². The van der Waals surface area contributed by atoms with Crippen LogP contribution in [0, 0.1) is 0 Å². The smallest absolute Gasteiger partial charge is 0.302 e. The van der Waals surface area contributed by atoms with E-state index in [0.29, 0.717) is 5.56 Å². The third kappa shape index (κ3) is 5.65. The molecule has 0 atom stereocenters. The van der Waals surface area contributed by atoms with E-state index in [1.54, 1.807) is 12.1 Å². The molecule has 3 heterocycles. The van der Waals surface area contributed by atoms with Gasteiger partial charge in [0.2, 0.25) is 0 Å². The van der Waals surface area contributed by atoms with E-state index in [9.17, 15) is 9.59 Å². The van der Waals surface area contributed by atoms with E-state index in [1.165, 1.54) is 6.92 Å². The van der Waals surface area contributed by atoms with E-state index >= 15 is 0 Å². The van der Waals surface area contributed by atoms with Gasteiger partial charge in [0.25, 0.3) is 0 Å². The minimum Gasteiger partial charge on any atom is -0.461 e. The predicted octanol–water partition coefficient (Wildman–Crippen LogP) is 6.42. The molecule has 0 spiro atoms. The van der Waals surface area contributed by atoms with Crippen molar-refractivity contribution >= 4 is 12.3 Å². The third-order valence-corrected chi connectivity index (χ3v) is 5.81. The number of carbonyl (C=O) groups excluding carboxylic acids is 2. The minimum atomic E-state index is -0.302. The average molecular weight is 486 g/mol. The molecular formula is C31H23N3O3. The highest BCUT2D eigenvalue weighted by atomic mass is 16.5. The number of ether oxygens (including phenoxy) is 1. The lowest BCUT2D eigenvalue weighted by atomic mass is 10.1. The number of hydrogen-bond acceptors (Lipinski definition) is 6. The SMILES string of the molecule is CC(=O)OCc1ccc(-c2cccc(-c3cccc(-c4cccc(-c5ccc(C=O)cc5)n4)n3)n2)cc1. The van der Waals surface area contributed by atoms with Crippen LogP contribution in [0.5, 0.6) is 0 Å². The van der Waals surface area contributed by atoms with Crippen LogP contribution in [0.15, 0.2) is 103 Å². The maximum atomic E-state index is 11.0. The molecule has 0 saturated heterocycles. The Labute approximate surface area is 214 Å². The fourth-order valence-electron chi connectivity index (χ4n) is 3.89. The summed E-state index contributed by atoms with van der Waals surface area (Å²) >= 11 is 0. The fourth-order valence-corrected chi connectivity index (χ4v) is 3.89. The van der Waals surface area contributed by atoms with Gasteiger partial charge in [-0.1, -0.05) is 66.7 Å². The number of nitrogens with zero attached hydrogens (tertiary/aromatic N) is 3. The maximum absolute atomic E-state index is 11.0. The Bertz CT molecular complexity index is 1560. The molecule has 6 heteroatoms. The van der Waals surface area contributed by atoms with E-state index in [-0.39, 0.29) is 12.6 Å². The molecule has 0 amide bonds. The van der Waals surface area contributed by atoms with Gasteiger partial charge in [-0.2, -0.15) is 0 Å². The van der Waals surface area contributed by atoms with Crippen LogP contribution < -0.4 is 0 Å². The lowest BCUT2D eigenvalue weighted by Gasteiger charge is -2.08. The van der Waals surface area contributed by atoms with Gasteiger partial charge < -0.3 is 4.74 Å².